The SMILES string of the molecule is Cc1ccc(CC2(N(C)C)CCC(NC(=O)CCCC(=O)c3ccccc3)CC2)cc1. The molecule has 166 valence electrons. The Balaban J connectivity index is 1.44. The summed E-state index contributed by atoms with van der Waals surface area (Å²) in [4.78, 5) is 27.0. The van der Waals surface area contributed by atoms with Crippen molar-refractivity contribution >= 4 is 11.7 Å². The highest BCUT2D eigenvalue weighted by molar-refractivity contribution is 5.96. The van der Waals surface area contributed by atoms with Crippen molar-refractivity contribution in [2.45, 2.75) is 69.9 Å². The van der Waals surface area contributed by atoms with E-state index in [9.17, 15) is 9.59 Å². The third-order valence-corrected chi connectivity index (χ3v) is 6.79. The highest BCUT2D eigenvalue weighted by Gasteiger charge is 2.37. The number of amides is 1. The van der Waals surface area contributed by atoms with Gasteiger partial charge in [-0.2, -0.15) is 0 Å². The number of likely N-dealkylation sites (N-methyl/N-ethyl adjacent to an activating group) is 1. The van der Waals surface area contributed by atoms with E-state index >= 15 is 0 Å². The third-order valence-electron chi connectivity index (χ3n) is 6.79. The second-order valence-corrected chi connectivity index (χ2v) is 9.27. The van der Waals surface area contributed by atoms with E-state index in [0.717, 1.165) is 37.7 Å². The molecule has 1 amide bonds. The van der Waals surface area contributed by atoms with Gasteiger partial charge in [-0.3, -0.25) is 9.59 Å². The molecule has 1 saturated carbocycles. The predicted octanol–water partition coefficient (Wildman–Crippen LogP) is 4.95. The molecule has 1 fully saturated rings. The Morgan fingerprint density at radius 3 is 2.23 bits per heavy atom. The van der Waals surface area contributed by atoms with Gasteiger partial charge in [-0.25, -0.2) is 0 Å². The molecule has 0 unspecified atom stereocenters. The number of nitrogens with zero attached hydrogens (tertiary/aromatic N) is 1. The van der Waals surface area contributed by atoms with Crippen molar-refractivity contribution in [2.24, 2.45) is 0 Å². The smallest absolute Gasteiger partial charge is 0.220 e. The van der Waals surface area contributed by atoms with Gasteiger partial charge in [0.25, 0.3) is 0 Å². The van der Waals surface area contributed by atoms with Crippen LogP contribution in [-0.4, -0.2) is 42.3 Å². The Kier molecular flexibility index (Phi) is 8.03. The minimum atomic E-state index is 0.0711. The molecule has 4 nitrogen and oxygen atoms in total. The van der Waals surface area contributed by atoms with Crippen molar-refractivity contribution in [3.05, 3.63) is 71.3 Å². The van der Waals surface area contributed by atoms with Crippen LogP contribution >= 0.6 is 0 Å². The molecule has 31 heavy (non-hydrogen) atoms. The van der Waals surface area contributed by atoms with Crippen molar-refractivity contribution < 1.29 is 9.59 Å². The minimum Gasteiger partial charge on any atom is -0.353 e. The molecular formula is C27H36N2O2. The molecule has 1 N–H and O–H groups in total. The second kappa shape index (κ2) is 10.7. The second-order valence-electron chi connectivity index (χ2n) is 9.27. The molecule has 2 aromatic carbocycles. The first kappa shape index (κ1) is 23.2. The number of aryl methyl sites for hydroxylation is 1. The van der Waals surface area contributed by atoms with Gasteiger partial charge in [-0.1, -0.05) is 60.2 Å². The molecule has 2 aromatic rings. The fourth-order valence-corrected chi connectivity index (χ4v) is 4.65. The number of carbonyl (C=O) groups excluding carboxylic acids is 2. The van der Waals surface area contributed by atoms with E-state index in [1.165, 1.54) is 11.1 Å². The number of rotatable bonds is 9. The fraction of sp³-hybridized carbons (Fsp3) is 0.481. The topological polar surface area (TPSA) is 49.4 Å². The number of carbonyl (C=O) groups is 2. The van der Waals surface area contributed by atoms with E-state index in [2.05, 4.69) is 55.5 Å². The van der Waals surface area contributed by atoms with Gasteiger partial charge in [-0.15, -0.1) is 0 Å². The zero-order chi connectivity index (χ0) is 22.3. The maximum atomic E-state index is 12.4. The van der Waals surface area contributed by atoms with Crippen LogP contribution in [0.1, 0.15) is 66.4 Å². The summed E-state index contributed by atoms with van der Waals surface area (Å²) in [6.45, 7) is 2.12. The summed E-state index contributed by atoms with van der Waals surface area (Å²) >= 11 is 0. The maximum absolute atomic E-state index is 12.4. The molecule has 1 aliphatic carbocycles. The largest absolute Gasteiger partial charge is 0.353 e. The first-order chi connectivity index (χ1) is 14.9. The van der Waals surface area contributed by atoms with Gasteiger partial charge in [-0.05, 0) is 65.1 Å². The molecular weight excluding hydrogens is 384 g/mol. The molecule has 0 aromatic heterocycles. The summed E-state index contributed by atoms with van der Waals surface area (Å²) < 4.78 is 0. The lowest BCUT2D eigenvalue weighted by Crippen LogP contribution is -2.52. The fourth-order valence-electron chi connectivity index (χ4n) is 4.65. The average Bonchev–Trinajstić information content (AvgIpc) is 2.77. The number of ketones is 1. The Morgan fingerprint density at radius 2 is 1.61 bits per heavy atom. The van der Waals surface area contributed by atoms with Crippen molar-refractivity contribution in [1.29, 1.82) is 0 Å². The lowest BCUT2D eigenvalue weighted by molar-refractivity contribution is -0.122. The van der Waals surface area contributed by atoms with Crippen LogP contribution in [0.25, 0.3) is 0 Å². The molecule has 0 atom stereocenters. The Bertz CT molecular complexity index is 851. The summed E-state index contributed by atoms with van der Waals surface area (Å²) in [7, 11) is 4.35. The average molecular weight is 421 g/mol. The summed E-state index contributed by atoms with van der Waals surface area (Å²) in [5, 5.41) is 3.21. The van der Waals surface area contributed by atoms with Crippen LogP contribution in [0, 0.1) is 6.92 Å². The van der Waals surface area contributed by atoms with E-state index < -0.39 is 0 Å². The lowest BCUT2D eigenvalue weighted by Gasteiger charge is -2.45. The van der Waals surface area contributed by atoms with E-state index in [0.29, 0.717) is 19.3 Å². The summed E-state index contributed by atoms with van der Waals surface area (Å²) in [6.07, 6.45) is 6.62. The summed E-state index contributed by atoms with van der Waals surface area (Å²) in [6, 6.07) is 18.4. The standard InChI is InChI=1S/C27H36N2O2/c1-21-12-14-22(15-13-21)20-27(29(2)3)18-16-24(17-19-27)28-26(31)11-7-10-25(30)23-8-5-4-6-9-23/h4-6,8-9,12-15,24H,7,10-11,16-20H2,1-3H3,(H,28,31). The zero-order valence-electron chi connectivity index (χ0n) is 19.2. The molecule has 3 rings (SSSR count). The molecule has 0 radical (unpaired) electrons. The van der Waals surface area contributed by atoms with Crippen molar-refractivity contribution in [1.82, 2.24) is 10.2 Å². The van der Waals surface area contributed by atoms with Crippen LogP contribution in [0.2, 0.25) is 0 Å². The first-order valence-corrected chi connectivity index (χ1v) is 11.5. The highest BCUT2D eigenvalue weighted by Crippen LogP contribution is 2.35. The molecule has 4 heteroatoms. The van der Waals surface area contributed by atoms with Crippen molar-refractivity contribution in [3.63, 3.8) is 0 Å². The van der Waals surface area contributed by atoms with Gasteiger partial charge < -0.3 is 10.2 Å². The normalized spacial score (nSPS) is 21.1. The molecule has 0 heterocycles. The predicted molar refractivity (Wildman–Crippen MR) is 126 cm³/mol. The van der Waals surface area contributed by atoms with Crippen LogP contribution in [0.15, 0.2) is 54.6 Å². The van der Waals surface area contributed by atoms with Gasteiger partial charge in [0, 0.05) is 30.0 Å². The van der Waals surface area contributed by atoms with Gasteiger partial charge >= 0.3 is 0 Å². The number of benzene rings is 2. The van der Waals surface area contributed by atoms with Crippen molar-refractivity contribution in [3.8, 4) is 0 Å². The van der Waals surface area contributed by atoms with Crippen molar-refractivity contribution in [2.75, 3.05) is 14.1 Å². The van der Waals surface area contributed by atoms with Crippen LogP contribution in [-0.2, 0) is 11.2 Å². The van der Waals surface area contributed by atoms with Gasteiger partial charge in [0.2, 0.25) is 5.91 Å². The maximum Gasteiger partial charge on any atom is 0.220 e. The van der Waals surface area contributed by atoms with E-state index in [1.54, 1.807) is 0 Å². The minimum absolute atomic E-state index is 0.0711. The molecule has 0 bridgehead atoms. The van der Waals surface area contributed by atoms with Crippen LogP contribution in [0.5, 0.6) is 0 Å². The number of Topliss-reactive ketones (excluding diaryl/α,β-unsaturated/α-hetero) is 1. The highest BCUT2D eigenvalue weighted by atomic mass is 16.1. The number of nitrogens with one attached hydrogen (secondary N) is 1. The van der Waals surface area contributed by atoms with Crippen LogP contribution < -0.4 is 5.32 Å². The van der Waals surface area contributed by atoms with Gasteiger partial charge in [0.1, 0.15) is 0 Å². The van der Waals surface area contributed by atoms with E-state index in [-0.39, 0.29) is 23.3 Å². The Hall–Kier alpha value is -2.46. The van der Waals surface area contributed by atoms with Crippen LogP contribution in [0.3, 0.4) is 0 Å². The molecule has 0 spiro atoms. The quantitative estimate of drug-likeness (QED) is 0.584. The Morgan fingerprint density at radius 1 is 0.968 bits per heavy atom. The van der Waals surface area contributed by atoms with E-state index in [1.807, 2.05) is 30.3 Å². The van der Waals surface area contributed by atoms with E-state index in [4.69, 9.17) is 0 Å². The molecule has 1 aliphatic rings. The molecule has 0 saturated heterocycles. The Labute approximate surface area is 187 Å². The summed E-state index contributed by atoms with van der Waals surface area (Å²) in [5.41, 5.74) is 3.55. The molecule has 0 aliphatic heterocycles. The number of hydrogen-bond acceptors (Lipinski definition) is 3. The third kappa shape index (κ3) is 6.51. The van der Waals surface area contributed by atoms with Crippen LogP contribution in [0.4, 0.5) is 0 Å². The first-order valence-electron chi connectivity index (χ1n) is 11.5. The zero-order valence-corrected chi connectivity index (χ0v) is 19.2. The lowest BCUT2D eigenvalue weighted by atomic mass is 9.74. The monoisotopic (exact) mass is 420 g/mol. The van der Waals surface area contributed by atoms with Gasteiger partial charge in [0.15, 0.2) is 5.78 Å². The number of hydrogen-bond donors (Lipinski definition) is 1. The van der Waals surface area contributed by atoms with Gasteiger partial charge in [0.05, 0.1) is 0 Å². The summed E-state index contributed by atoms with van der Waals surface area (Å²) in [5.74, 6) is 0.180.